The van der Waals surface area contributed by atoms with Crippen LogP contribution in [0.1, 0.15) is 24.8 Å². The number of urea groups is 1. The fraction of sp³-hybridized carbons (Fsp3) is 0.364. The van der Waals surface area contributed by atoms with Gasteiger partial charge in [-0.1, -0.05) is 37.3 Å². The lowest BCUT2D eigenvalue weighted by atomic mass is 9.98. The molecule has 1 atom stereocenters. The van der Waals surface area contributed by atoms with Crippen LogP contribution in [0, 0.1) is 0 Å². The number of hydrazine groups is 1. The highest BCUT2D eigenvalue weighted by molar-refractivity contribution is 5.72. The molecule has 1 aromatic rings. The fourth-order valence-electron chi connectivity index (χ4n) is 1.40. The summed E-state index contributed by atoms with van der Waals surface area (Å²) in [4.78, 5) is 10.8. The van der Waals surface area contributed by atoms with E-state index in [1.165, 1.54) is 5.56 Å². The average molecular weight is 207 g/mol. The van der Waals surface area contributed by atoms with Crippen molar-refractivity contribution in [1.82, 2.24) is 10.7 Å². The second-order valence-electron chi connectivity index (χ2n) is 3.50. The molecule has 15 heavy (non-hydrogen) atoms. The molecular weight excluding hydrogens is 190 g/mol. The maximum absolute atomic E-state index is 10.8. The standard InChI is InChI=1S/C11H17N3O/c1-9(7-8-13-11(15)14-12)10-5-3-2-4-6-10/h2-6,9H,7-8,12H2,1H3,(H2,13,14,15). The first-order valence-electron chi connectivity index (χ1n) is 5.03. The predicted molar refractivity (Wildman–Crippen MR) is 60.2 cm³/mol. The van der Waals surface area contributed by atoms with Crippen LogP contribution >= 0.6 is 0 Å². The van der Waals surface area contributed by atoms with Gasteiger partial charge in [-0.2, -0.15) is 0 Å². The van der Waals surface area contributed by atoms with E-state index in [1.54, 1.807) is 0 Å². The number of nitrogens with one attached hydrogen (secondary N) is 2. The number of rotatable bonds is 4. The Labute approximate surface area is 89.8 Å². The number of benzene rings is 1. The van der Waals surface area contributed by atoms with Gasteiger partial charge in [0.1, 0.15) is 0 Å². The molecule has 0 aliphatic heterocycles. The van der Waals surface area contributed by atoms with E-state index in [0.717, 1.165) is 6.42 Å². The van der Waals surface area contributed by atoms with E-state index in [-0.39, 0.29) is 6.03 Å². The second-order valence-corrected chi connectivity index (χ2v) is 3.50. The van der Waals surface area contributed by atoms with Gasteiger partial charge in [0, 0.05) is 6.54 Å². The molecule has 2 amide bonds. The molecule has 0 aliphatic rings. The van der Waals surface area contributed by atoms with Gasteiger partial charge in [0.05, 0.1) is 0 Å². The molecule has 0 aromatic heterocycles. The van der Waals surface area contributed by atoms with E-state index in [1.807, 2.05) is 23.6 Å². The lowest BCUT2D eigenvalue weighted by Crippen LogP contribution is -2.40. The highest BCUT2D eigenvalue weighted by atomic mass is 16.2. The molecular formula is C11H17N3O. The molecule has 4 N–H and O–H groups in total. The maximum Gasteiger partial charge on any atom is 0.328 e. The smallest absolute Gasteiger partial charge is 0.328 e. The molecule has 1 aromatic carbocycles. The van der Waals surface area contributed by atoms with E-state index in [0.29, 0.717) is 12.5 Å². The third-order valence-electron chi connectivity index (χ3n) is 2.36. The Hall–Kier alpha value is -1.55. The number of nitrogens with two attached hydrogens (primary N) is 1. The Bertz CT molecular complexity index is 300. The molecule has 0 bridgehead atoms. The van der Waals surface area contributed by atoms with Crippen molar-refractivity contribution in [3.05, 3.63) is 35.9 Å². The van der Waals surface area contributed by atoms with Crippen molar-refractivity contribution in [1.29, 1.82) is 0 Å². The van der Waals surface area contributed by atoms with Crippen LogP contribution in [0.3, 0.4) is 0 Å². The van der Waals surface area contributed by atoms with E-state index in [9.17, 15) is 4.79 Å². The summed E-state index contributed by atoms with van der Waals surface area (Å²) in [5.74, 6) is 5.37. The van der Waals surface area contributed by atoms with Gasteiger partial charge in [-0.3, -0.25) is 5.43 Å². The number of amides is 2. The number of hydrogen-bond acceptors (Lipinski definition) is 2. The largest absolute Gasteiger partial charge is 0.337 e. The zero-order valence-corrected chi connectivity index (χ0v) is 8.86. The van der Waals surface area contributed by atoms with Crippen LogP contribution < -0.4 is 16.6 Å². The van der Waals surface area contributed by atoms with Crippen LogP contribution in [-0.4, -0.2) is 12.6 Å². The first kappa shape index (κ1) is 11.5. The molecule has 4 nitrogen and oxygen atoms in total. The molecule has 0 aliphatic carbocycles. The van der Waals surface area contributed by atoms with Crippen LogP contribution in [0.25, 0.3) is 0 Å². The summed E-state index contributed by atoms with van der Waals surface area (Å²) in [7, 11) is 0. The topological polar surface area (TPSA) is 67.2 Å². The van der Waals surface area contributed by atoms with Crippen LogP contribution in [0.4, 0.5) is 4.79 Å². The van der Waals surface area contributed by atoms with Gasteiger partial charge in [0.2, 0.25) is 0 Å². The summed E-state index contributed by atoms with van der Waals surface area (Å²) >= 11 is 0. The average Bonchev–Trinajstić information content (AvgIpc) is 2.29. The van der Waals surface area contributed by atoms with Gasteiger partial charge in [0.25, 0.3) is 0 Å². The summed E-state index contributed by atoms with van der Waals surface area (Å²) in [6.45, 7) is 2.76. The minimum absolute atomic E-state index is 0.338. The van der Waals surface area contributed by atoms with Gasteiger partial charge in [0.15, 0.2) is 0 Å². The third kappa shape index (κ3) is 3.99. The minimum Gasteiger partial charge on any atom is -0.337 e. The summed E-state index contributed by atoms with van der Waals surface area (Å²) in [5, 5.41) is 2.66. The molecule has 4 heteroatoms. The van der Waals surface area contributed by atoms with Crippen molar-refractivity contribution in [2.45, 2.75) is 19.3 Å². The summed E-state index contributed by atoms with van der Waals surface area (Å²) in [6, 6.07) is 9.88. The van der Waals surface area contributed by atoms with Crippen molar-refractivity contribution in [3.63, 3.8) is 0 Å². The van der Waals surface area contributed by atoms with Crippen LogP contribution in [0.5, 0.6) is 0 Å². The predicted octanol–water partition coefficient (Wildman–Crippen LogP) is 1.35. The number of hydrogen-bond donors (Lipinski definition) is 3. The fourth-order valence-corrected chi connectivity index (χ4v) is 1.40. The summed E-state index contributed by atoms with van der Waals surface area (Å²) in [6.07, 6.45) is 0.900. The quantitative estimate of drug-likeness (QED) is 0.396. The summed E-state index contributed by atoms with van der Waals surface area (Å²) in [5.41, 5.74) is 3.31. The SMILES string of the molecule is CC(CCNC(=O)NN)c1ccccc1. The number of carbonyl (C=O) groups excluding carboxylic acids is 1. The van der Waals surface area contributed by atoms with Crippen molar-refractivity contribution < 1.29 is 4.79 Å². The molecule has 0 saturated heterocycles. The molecule has 0 radical (unpaired) electrons. The van der Waals surface area contributed by atoms with E-state index < -0.39 is 0 Å². The summed E-state index contributed by atoms with van der Waals surface area (Å²) < 4.78 is 0. The normalized spacial score (nSPS) is 11.9. The number of carbonyl (C=O) groups is 1. The Morgan fingerprint density at radius 2 is 2.07 bits per heavy atom. The Morgan fingerprint density at radius 1 is 1.40 bits per heavy atom. The van der Waals surface area contributed by atoms with Gasteiger partial charge < -0.3 is 5.32 Å². The Kier molecular flexibility index (Phi) is 4.63. The van der Waals surface area contributed by atoms with E-state index >= 15 is 0 Å². The van der Waals surface area contributed by atoms with Crippen LogP contribution in [-0.2, 0) is 0 Å². The molecule has 1 unspecified atom stereocenters. The Balaban J connectivity index is 2.31. The highest BCUT2D eigenvalue weighted by Gasteiger charge is 2.04. The lowest BCUT2D eigenvalue weighted by molar-refractivity contribution is 0.241. The van der Waals surface area contributed by atoms with E-state index in [4.69, 9.17) is 5.84 Å². The van der Waals surface area contributed by atoms with Gasteiger partial charge in [-0.05, 0) is 17.9 Å². The molecule has 0 heterocycles. The van der Waals surface area contributed by atoms with Gasteiger partial charge in [-0.15, -0.1) is 0 Å². The van der Waals surface area contributed by atoms with Gasteiger partial charge in [-0.25, -0.2) is 10.6 Å². The first-order chi connectivity index (χ1) is 7.24. The van der Waals surface area contributed by atoms with Crippen LogP contribution in [0.2, 0.25) is 0 Å². The lowest BCUT2D eigenvalue weighted by Gasteiger charge is -2.11. The van der Waals surface area contributed by atoms with Crippen LogP contribution in [0.15, 0.2) is 30.3 Å². The second kappa shape index (κ2) is 6.03. The highest BCUT2D eigenvalue weighted by Crippen LogP contribution is 2.17. The molecule has 0 spiro atoms. The van der Waals surface area contributed by atoms with Crippen molar-refractivity contribution in [3.8, 4) is 0 Å². The maximum atomic E-state index is 10.8. The molecule has 1 rings (SSSR count). The first-order valence-corrected chi connectivity index (χ1v) is 5.03. The zero-order valence-electron chi connectivity index (χ0n) is 8.86. The Morgan fingerprint density at radius 3 is 2.67 bits per heavy atom. The molecule has 82 valence electrons. The zero-order chi connectivity index (χ0) is 11.1. The molecule has 0 fully saturated rings. The van der Waals surface area contributed by atoms with Crippen molar-refractivity contribution in [2.75, 3.05) is 6.54 Å². The van der Waals surface area contributed by atoms with Gasteiger partial charge >= 0.3 is 6.03 Å². The minimum atomic E-state index is -0.338. The van der Waals surface area contributed by atoms with Crippen molar-refractivity contribution >= 4 is 6.03 Å². The van der Waals surface area contributed by atoms with E-state index in [2.05, 4.69) is 24.4 Å². The molecule has 0 saturated carbocycles. The third-order valence-corrected chi connectivity index (χ3v) is 2.36. The monoisotopic (exact) mass is 207 g/mol. The van der Waals surface area contributed by atoms with Crippen molar-refractivity contribution in [2.24, 2.45) is 5.84 Å².